The maximum absolute atomic E-state index is 13.1. The molecule has 0 atom stereocenters. The number of anilines is 1. The summed E-state index contributed by atoms with van der Waals surface area (Å²) in [5.74, 6) is 1.04. The summed E-state index contributed by atoms with van der Waals surface area (Å²) < 4.78 is 13.1. The molecule has 0 aromatic heterocycles. The van der Waals surface area contributed by atoms with Crippen molar-refractivity contribution in [1.82, 2.24) is 15.1 Å². The summed E-state index contributed by atoms with van der Waals surface area (Å²) in [6.07, 6.45) is 0. The van der Waals surface area contributed by atoms with Crippen LogP contribution in [0.25, 0.3) is 0 Å². The number of piperazine rings is 1. The molecule has 2 rings (SSSR count). The zero-order chi connectivity index (χ0) is 19.1. The number of carbonyl (C=O) groups excluding carboxylic acids is 1. The number of likely N-dealkylation sites (N-methyl/N-ethyl adjacent to an activating group) is 1. The van der Waals surface area contributed by atoms with Gasteiger partial charge in [0.2, 0.25) is 5.91 Å². The van der Waals surface area contributed by atoms with E-state index >= 15 is 0 Å². The van der Waals surface area contributed by atoms with Crippen LogP contribution in [0.2, 0.25) is 0 Å². The Balaban J connectivity index is 0.00000364. The molecule has 152 valence electrons. The Hall–Kier alpha value is -1.58. The standard InChI is InChI=1S/C19H30FN5O.HI/c1-15(2)13-21-19(22-14-18(26)23(3)4)25-11-9-24(10-12-25)17-7-5-16(20)6-8-17;/h5-8,15H,9-14H2,1-4H3,(H,21,22);1H. The van der Waals surface area contributed by atoms with Crippen molar-refractivity contribution in [2.75, 3.05) is 58.3 Å². The number of hydrogen-bond acceptors (Lipinski definition) is 3. The van der Waals surface area contributed by atoms with Crippen LogP contribution in [-0.4, -0.2) is 75.0 Å². The molecular formula is C19H31FIN5O. The second-order valence-electron chi connectivity index (χ2n) is 7.15. The van der Waals surface area contributed by atoms with Crippen molar-refractivity contribution in [1.29, 1.82) is 0 Å². The summed E-state index contributed by atoms with van der Waals surface area (Å²) in [6, 6.07) is 6.61. The van der Waals surface area contributed by atoms with Crippen molar-refractivity contribution in [2.45, 2.75) is 13.8 Å². The highest BCUT2D eigenvalue weighted by atomic mass is 127. The van der Waals surface area contributed by atoms with Gasteiger partial charge in [-0.3, -0.25) is 4.79 Å². The van der Waals surface area contributed by atoms with Gasteiger partial charge in [0.05, 0.1) is 0 Å². The third-order valence-electron chi connectivity index (χ3n) is 4.30. The number of carbonyl (C=O) groups is 1. The SMILES string of the molecule is CC(C)CNC(=NCC(=O)N(C)C)N1CCN(c2ccc(F)cc2)CC1.I. The minimum atomic E-state index is -0.217. The predicted molar refractivity (Wildman–Crippen MR) is 119 cm³/mol. The highest BCUT2D eigenvalue weighted by Gasteiger charge is 2.20. The smallest absolute Gasteiger partial charge is 0.243 e. The van der Waals surface area contributed by atoms with Crippen LogP contribution < -0.4 is 10.2 Å². The molecule has 1 amide bonds. The monoisotopic (exact) mass is 491 g/mol. The van der Waals surface area contributed by atoms with E-state index in [1.54, 1.807) is 19.0 Å². The molecule has 1 N–H and O–H groups in total. The summed E-state index contributed by atoms with van der Waals surface area (Å²) in [7, 11) is 3.47. The van der Waals surface area contributed by atoms with Crippen LogP contribution in [0.5, 0.6) is 0 Å². The molecular weight excluding hydrogens is 460 g/mol. The van der Waals surface area contributed by atoms with Crippen LogP contribution in [0.3, 0.4) is 0 Å². The van der Waals surface area contributed by atoms with Gasteiger partial charge in [-0.1, -0.05) is 13.8 Å². The van der Waals surface area contributed by atoms with Crippen molar-refractivity contribution in [3.63, 3.8) is 0 Å². The number of rotatable bonds is 5. The fraction of sp³-hybridized carbons (Fsp3) is 0.579. The summed E-state index contributed by atoms with van der Waals surface area (Å²) in [6.45, 7) is 8.50. The molecule has 1 aromatic rings. The molecule has 6 nitrogen and oxygen atoms in total. The molecule has 1 aromatic carbocycles. The number of amides is 1. The topological polar surface area (TPSA) is 51.2 Å². The zero-order valence-electron chi connectivity index (χ0n) is 16.6. The highest BCUT2D eigenvalue weighted by Crippen LogP contribution is 2.17. The van der Waals surface area contributed by atoms with E-state index in [1.165, 1.54) is 12.1 Å². The number of nitrogens with zero attached hydrogens (tertiary/aromatic N) is 4. The predicted octanol–water partition coefficient (Wildman–Crippen LogP) is 2.26. The largest absolute Gasteiger partial charge is 0.368 e. The van der Waals surface area contributed by atoms with Crippen LogP contribution in [-0.2, 0) is 4.79 Å². The second-order valence-corrected chi connectivity index (χ2v) is 7.15. The first-order chi connectivity index (χ1) is 12.4. The van der Waals surface area contributed by atoms with Gasteiger partial charge in [-0.05, 0) is 30.2 Å². The molecule has 1 fully saturated rings. The molecule has 0 spiro atoms. The first-order valence-corrected chi connectivity index (χ1v) is 9.10. The van der Waals surface area contributed by atoms with Gasteiger partial charge >= 0.3 is 0 Å². The van der Waals surface area contributed by atoms with Gasteiger partial charge in [-0.15, -0.1) is 24.0 Å². The van der Waals surface area contributed by atoms with E-state index < -0.39 is 0 Å². The maximum atomic E-state index is 13.1. The molecule has 1 aliphatic heterocycles. The van der Waals surface area contributed by atoms with Gasteiger partial charge in [-0.25, -0.2) is 9.38 Å². The fourth-order valence-electron chi connectivity index (χ4n) is 2.68. The van der Waals surface area contributed by atoms with E-state index in [0.717, 1.165) is 44.4 Å². The van der Waals surface area contributed by atoms with Gasteiger partial charge in [0.1, 0.15) is 12.4 Å². The number of hydrogen-bond donors (Lipinski definition) is 1. The first-order valence-electron chi connectivity index (χ1n) is 9.10. The molecule has 0 bridgehead atoms. The van der Waals surface area contributed by atoms with Crippen LogP contribution in [0.15, 0.2) is 29.3 Å². The van der Waals surface area contributed by atoms with E-state index in [-0.39, 0.29) is 42.2 Å². The third kappa shape index (κ3) is 7.51. The Bertz CT molecular complexity index is 613. The lowest BCUT2D eigenvalue weighted by Gasteiger charge is -2.38. The maximum Gasteiger partial charge on any atom is 0.243 e. The van der Waals surface area contributed by atoms with Gasteiger partial charge < -0.3 is 20.0 Å². The Morgan fingerprint density at radius 3 is 2.30 bits per heavy atom. The molecule has 0 aliphatic carbocycles. The lowest BCUT2D eigenvalue weighted by Crippen LogP contribution is -2.53. The van der Waals surface area contributed by atoms with Crippen molar-refractivity contribution < 1.29 is 9.18 Å². The summed E-state index contributed by atoms with van der Waals surface area (Å²) in [5.41, 5.74) is 1.03. The Kier molecular flexibility index (Phi) is 9.82. The normalized spacial score (nSPS) is 14.8. The summed E-state index contributed by atoms with van der Waals surface area (Å²) >= 11 is 0. The average molecular weight is 491 g/mol. The zero-order valence-corrected chi connectivity index (χ0v) is 18.9. The molecule has 27 heavy (non-hydrogen) atoms. The minimum Gasteiger partial charge on any atom is -0.368 e. The average Bonchev–Trinajstić information content (AvgIpc) is 2.62. The number of halogens is 2. The molecule has 0 saturated carbocycles. The van der Waals surface area contributed by atoms with Crippen LogP contribution >= 0.6 is 24.0 Å². The lowest BCUT2D eigenvalue weighted by molar-refractivity contribution is -0.127. The van der Waals surface area contributed by atoms with Crippen molar-refractivity contribution in [2.24, 2.45) is 10.9 Å². The quantitative estimate of drug-likeness (QED) is 0.390. The van der Waals surface area contributed by atoms with Gasteiger partial charge in [0.25, 0.3) is 0 Å². The summed E-state index contributed by atoms with van der Waals surface area (Å²) in [4.78, 5) is 22.4. The fourth-order valence-corrected chi connectivity index (χ4v) is 2.68. The minimum absolute atomic E-state index is 0. The van der Waals surface area contributed by atoms with Crippen LogP contribution in [0.4, 0.5) is 10.1 Å². The van der Waals surface area contributed by atoms with Gasteiger partial charge in [-0.2, -0.15) is 0 Å². The Labute approximate surface area is 178 Å². The molecule has 0 radical (unpaired) electrons. The van der Waals surface area contributed by atoms with Crippen LogP contribution in [0.1, 0.15) is 13.8 Å². The van der Waals surface area contributed by atoms with E-state index in [9.17, 15) is 9.18 Å². The lowest BCUT2D eigenvalue weighted by atomic mass is 10.2. The van der Waals surface area contributed by atoms with Crippen LogP contribution in [0, 0.1) is 11.7 Å². The van der Waals surface area contributed by atoms with Crippen molar-refractivity contribution in [3.05, 3.63) is 30.1 Å². The summed E-state index contributed by atoms with van der Waals surface area (Å²) in [5, 5.41) is 3.38. The number of guanidine groups is 1. The van der Waals surface area contributed by atoms with Crippen molar-refractivity contribution >= 4 is 41.5 Å². The molecule has 1 aliphatic rings. The molecule has 0 unspecified atom stereocenters. The number of nitrogens with one attached hydrogen (secondary N) is 1. The third-order valence-corrected chi connectivity index (χ3v) is 4.30. The van der Waals surface area contributed by atoms with Gasteiger partial charge in [0.15, 0.2) is 5.96 Å². The van der Waals surface area contributed by atoms with Crippen molar-refractivity contribution in [3.8, 4) is 0 Å². The number of benzene rings is 1. The molecule has 1 heterocycles. The Morgan fingerprint density at radius 1 is 1.19 bits per heavy atom. The highest BCUT2D eigenvalue weighted by molar-refractivity contribution is 14.0. The van der Waals surface area contributed by atoms with Gasteiger partial charge in [0, 0.05) is 52.5 Å². The molecule has 8 heteroatoms. The first kappa shape index (κ1) is 23.5. The van der Waals surface area contributed by atoms with E-state index in [4.69, 9.17) is 0 Å². The Morgan fingerprint density at radius 2 is 1.78 bits per heavy atom. The van der Waals surface area contributed by atoms with E-state index in [0.29, 0.717) is 5.92 Å². The van der Waals surface area contributed by atoms with E-state index in [2.05, 4.69) is 34.0 Å². The second kappa shape index (κ2) is 11.3. The number of aliphatic imine (C=N–C) groups is 1. The molecule has 1 saturated heterocycles. The van der Waals surface area contributed by atoms with E-state index in [1.807, 2.05) is 12.1 Å².